The van der Waals surface area contributed by atoms with Crippen LogP contribution in [0.1, 0.15) is 456 Å². The zero-order valence-corrected chi connectivity index (χ0v) is 84.9. The number of pyridine rings is 2. The second-order valence-corrected chi connectivity index (χ2v) is 22.5. The van der Waals surface area contributed by atoms with Crippen LogP contribution in [0, 0.1) is 45.4 Å². The second kappa shape index (κ2) is 223. The van der Waals surface area contributed by atoms with Crippen molar-refractivity contribution in [1.29, 1.82) is 0 Å². The second-order valence-electron chi connectivity index (χ2n) is 20.6. The molecule has 0 spiro atoms. The molecule has 0 amide bonds. The van der Waals surface area contributed by atoms with Crippen LogP contribution in [0.3, 0.4) is 0 Å². The van der Waals surface area contributed by atoms with Gasteiger partial charge in [-0.3, -0.25) is 15.0 Å². The molecule has 764 valence electrons. The van der Waals surface area contributed by atoms with Gasteiger partial charge in [0, 0.05) is 68.9 Å². The summed E-state index contributed by atoms with van der Waals surface area (Å²) in [7, 11) is 6.22. The number of tetrazole rings is 1. The molecule has 1 N–H and O–H groups in total. The number of thiophene rings is 1. The molecule has 13 rings (SSSR count). The molecule has 2 aliphatic heterocycles. The van der Waals surface area contributed by atoms with Gasteiger partial charge in [-0.15, -0.1) is 21.5 Å². The minimum atomic E-state index is 0. The summed E-state index contributed by atoms with van der Waals surface area (Å²) in [5, 5.41) is 19.4. The van der Waals surface area contributed by atoms with Crippen LogP contribution in [0.4, 0.5) is 0 Å². The van der Waals surface area contributed by atoms with Gasteiger partial charge in [0.05, 0.1) is 23.9 Å². The SMILES string of the molecule is C.C.C.C.C.C.C.C.C.C.C.C.CC.CC.CC.CC.CC.CC.CC.CC.CC.CC.CC.CC.CC.CC.CC.CC.CC1C=CCCC1.CC1CCCC1.CC1CCCCC1.CN1C=CCCC1.CN1CCCC1.Cc1ccccc1.Cc1ccccn1.Cc1cccnc1.Cc1nccs1.Cn1ccnc1.c1ccoc1.c1ccsc1.c1nn[nH]n1. The molecule has 1 aromatic carbocycles. The van der Waals surface area contributed by atoms with Gasteiger partial charge in [0.1, 0.15) is 0 Å². The van der Waals surface area contributed by atoms with Crippen molar-refractivity contribution in [3.05, 3.63) is 210 Å². The molecular weight excluding hydrogens is 1570 g/mol. The van der Waals surface area contributed by atoms with E-state index in [1.807, 2.05) is 355 Å². The van der Waals surface area contributed by atoms with Crippen LogP contribution in [0.2, 0.25) is 0 Å². The lowest BCUT2D eigenvalue weighted by molar-refractivity contribution is 0.385. The van der Waals surface area contributed by atoms with Gasteiger partial charge in [0.15, 0.2) is 6.33 Å². The average molecular weight is 1820 g/mol. The summed E-state index contributed by atoms with van der Waals surface area (Å²) in [4.78, 5) is 20.2. The van der Waals surface area contributed by atoms with Crippen LogP contribution in [-0.4, -0.2) is 88.7 Å². The van der Waals surface area contributed by atoms with Crippen molar-refractivity contribution >= 4 is 22.7 Å². The molecule has 2 saturated carbocycles. The Morgan fingerprint density at radius 3 is 0.952 bits per heavy atom. The first-order valence-corrected chi connectivity index (χ1v) is 47.1. The number of likely N-dealkylation sites (tertiary alicyclic amines) is 1. The smallest absolute Gasteiger partial charge is 0.161 e. The lowest BCUT2D eigenvalue weighted by atomic mass is 9.91. The molecule has 3 fully saturated rings. The highest BCUT2D eigenvalue weighted by molar-refractivity contribution is 7.09. The van der Waals surface area contributed by atoms with Crippen LogP contribution in [0.25, 0.3) is 0 Å². The molecule has 1 atom stereocenters. The molecule has 9 heterocycles. The topological polar surface area (TPSA) is 131 Å². The number of furan rings is 1. The van der Waals surface area contributed by atoms with Crippen molar-refractivity contribution in [2.24, 2.45) is 24.8 Å². The average Bonchev–Trinajstić information content (AvgIpc) is 1.98. The zero-order valence-electron chi connectivity index (χ0n) is 83.3. The largest absolute Gasteiger partial charge is 0.473 e. The van der Waals surface area contributed by atoms with E-state index in [1.165, 1.54) is 140 Å². The highest BCUT2D eigenvalue weighted by Gasteiger charge is 2.08. The van der Waals surface area contributed by atoms with Gasteiger partial charge in [0.25, 0.3) is 0 Å². The van der Waals surface area contributed by atoms with E-state index in [0.717, 1.165) is 28.5 Å². The number of rotatable bonds is 0. The lowest BCUT2D eigenvalue weighted by Crippen LogP contribution is -2.14. The fourth-order valence-corrected chi connectivity index (χ4v) is 8.61. The highest BCUT2D eigenvalue weighted by Crippen LogP contribution is 2.23. The predicted octanol–water partition coefficient (Wildman–Crippen LogP) is 42.0. The minimum absolute atomic E-state index is 0. The van der Waals surface area contributed by atoms with Gasteiger partial charge >= 0.3 is 0 Å². The number of allylic oxidation sites excluding steroid dienone is 3. The predicted molar refractivity (Wildman–Crippen MR) is 609 cm³/mol. The Balaban J connectivity index is -0.0000000303. The number of H-pyrrole nitrogens is 1. The van der Waals surface area contributed by atoms with E-state index in [4.69, 9.17) is 0 Å². The van der Waals surface area contributed by atoms with E-state index in [9.17, 15) is 0 Å². The first kappa shape index (κ1) is 200. The number of aromatic nitrogens is 9. The number of aromatic amines is 1. The number of benzene rings is 1. The first-order chi connectivity index (χ1) is 55.4. The highest BCUT2D eigenvalue weighted by atomic mass is 32.1. The van der Waals surface area contributed by atoms with Gasteiger partial charge in [0.2, 0.25) is 0 Å². The summed E-state index contributed by atoms with van der Waals surface area (Å²) in [6, 6.07) is 27.8. The van der Waals surface area contributed by atoms with Crippen LogP contribution >= 0.6 is 22.7 Å². The van der Waals surface area contributed by atoms with Crippen molar-refractivity contribution in [1.82, 2.24) is 54.9 Å². The Bertz CT molecular complexity index is 2120. The molecule has 12 nitrogen and oxygen atoms in total. The normalized spacial score (nSPS) is 10.8. The van der Waals surface area contributed by atoms with Gasteiger partial charge < -0.3 is 18.8 Å². The summed E-state index contributed by atoms with van der Waals surface area (Å²) in [6.45, 7) is 82.9. The molecule has 1 unspecified atom stereocenters. The molecule has 7 aromatic heterocycles. The van der Waals surface area contributed by atoms with E-state index in [-0.39, 0.29) is 89.1 Å². The molecule has 0 radical (unpaired) electrons. The van der Waals surface area contributed by atoms with E-state index in [2.05, 4.69) is 133 Å². The van der Waals surface area contributed by atoms with E-state index >= 15 is 0 Å². The minimum Gasteiger partial charge on any atom is -0.473 e. The molecule has 5 aliphatic rings. The quantitative estimate of drug-likeness (QED) is 0.146. The summed E-state index contributed by atoms with van der Waals surface area (Å²) < 4.78 is 6.47. The van der Waals surface area contributed by atoms with E-state index in [0.29, 0.717) is 0 Å². The van der Waals surface area contributed by atoms with Crippen molar-refractivity contribution < 1.29 is 4.42 Å². The maximum atomic E-state index is 4.58. The Hall–Kier alpha value is -6.35. The van der Waals surface area contributed by atoms with E-state index in [1.54, 1.807) is 66.3 Å². The van der Waals surface area contributed by atoms with E-state index < -0.39 is 0 Å². The maximum Gasteiger partial charge on any atom is 0.161 e. The Labute approximate surface area is 807 Å². The first-order valence-electron chi connectivity index (χ1n) is 45.3. The number of hydrogen-bond donors (Lipinski definition) is 1. The van der Waals surface area contributed by atoms with Crippen LogP contribution < -0.4 is 0 Å². The Kier molecular flexibility index (Phi) is 357. The third-order valence-corrected chi connectivity index (χ3v) is 13.8. The molecule has 125 heavy (non-hydrogen) atoms. The number of nitrogens with zero attached hydrogens (tertiary/aromatic N) is 10. The molecule has 8 aromatic rings. The molecule has 0 bridgehead atoms. The summed E-state index contributed by atoms with van der Waals surface area (Å²) >= 11 is 3.38. The summed E-state index contributed by atoms with van der Waals surface area (Å²) in [5.74, 6) is 2.94. The number of thiazole rings is 1. The van der Waals surface area contributed by atoms with Crippen molar-refractivity contribution in [2.45, 2.75) is 462 Å². The lowest BCUT2D eigenvalue weighted by Gasteiger charge is -2.16. The van der Waals surface area contributed by atoms with Crippen LogP contribution in [0.15, 0.2) is 192 Å². The fraction of sp³-hybridized carbons (Fsp3) is 0.685. The monoisotopic (exact) mass is 1810 g/mol. The molecular formula is C111H247N11OS2. The van der Waals surface area contributed by atoms with Gasteiger partial charge in [-0.2, -0.15) is 16.6 Å². The van der Waals surface area contributed by atoms with Crippen LogP contribution in [0.5, 0.6) is 0 Å². The number of nitrogens with one attached hydrogen (secondary N) is 1. The van der Waals surface area contributed by atoms with Crippen molar-refractivity contribution in [3.63, 3.8) is 0 Å². The van der Waals surface area contributed by atoms with Gasteiger partial charge in [-0.1, -0.05) is 473 Å². The van der Waals surface area contributed by atoms with Crippen LogP contribution in [-0.2, 0) is 7.05 Å². The van der Waals surface area contributed by atoms with Gasteiger partial charge in [-0.05, 0) is 163 Å². The van der Waals surface area contributed by atoms with Gasteiger partial charge in [-0.25, -0.2) is 4.98 Å². The fourth-order valence-electron chi connectivity index (χ4n) is 7.72. The third-order valence-electron chi connectivity index (χ3n) is 12.5. The maximum absolute atomic E-state index is 4.58. The number of imidazole rings is 1. The van der Waals surface area contributed by atoms with Crippen molar-refractivity contribution in [2.75, 3.05) is 33.7 Å². The standard InChI is InChI=1S/C7H14.C7H12.C7H8.C6H7N.C6H11N.C6H7N.C6H12.C5H11N.C4H6N2.C4H5NS.C4H4O.C4H4S.16C2H6.CH2N4.12CH4/c3*1-7-5-3-2-4-6-7;1-6-3-2-4-7-5-6;1-7-5-3-2-4-6-7;1-6-4-2-3-5-7-6;2*1-6-4-2-3-5-6;1-6-3-2-5-4-6;1-4-5-2-3-6-4;2*1-2-4-5-3-1;16*1-2;1-2-4-5-3-1;;;;;;;;;;;;/h7H,2-6H2,1H3;3,5,7H,2,4,6H2,1H3;2-6H,1H3;2-5H,1H3;3,5H,2,4,6H2,1H3;2-5H,1H3;6H,2-5H2,1H3;2-5H2,1H3;2-4H,1H3;2-3H,1H3;2*1-4H;16*1-2H3;1H,(H,2,3,4,5);12*1H4. The summed E-state index contributed by atoms with van der Waals surface area (Å²) in [5.41, 5.74) is 3.60. The molecule has 1 saturated heterocycles. The molecule has 3 aliphatic carbocycles. The third kappa shape index (κ3) is 220. The zero-order chi connectivity index (χ0) is 90.9. The summed E-state index contributed by atoms with van der Waals surface area (Å²) in [6.07, 6.45) is 49.0. The Morgan fingerprint density at radius 2 is 0.808 bits per heavy atom. The molecule has 14 heteroatoms. The Morgan fingerprint density at radius 1 is 0.384 bits per heavy atom. The number of aryl methyl sites for hydroxylation is 5. The number of hydrogen-bond acceptors (Lipinski definition) is 12. The van der Waals surface area contributed by atoms with Crippen molar-refractivity contribution in [3.8, 4) is 0 Å².